The van der Waals surface area contributed by atoms with Gasteiger partial charge in [0.05, 0.1) is 61.5 Å². The van der Waals surface area contributed by atoms with E-state index in [2.05, 4.69) is 387 Å². The van der Waals surface area contributed by atoms with Crippen LogP contribution in [0, 0.1) is 0 Å². The lowest BCUT2D eigenvalue weighted by Gasteiger charge is -2.34. The van der Waals surface area contributed by atoms with Gasteiger partial charge in [-0.25, -0.2) is 29.9 Å². The van der Waals surface area contributed by atoms with Gasteiger partial charge in [-0.3, -0.25) is 0 Å². The number of rotatable bonds is 12. The van der Waals surface area contributed by atoms with Crippen molar-refractivity contribution in [2.75, 3.05) is 0 Å². The first-order valence-electron chi connectivity index (χ1n) is 42.3. The van der Waals surface area contributed by atoms with Crippen molar-refractivity contribution >= 4 is 71.9 Å². The number of nitrogens with zero attached hydrogens (tertiary/aromatic N) is 6. The molecule has 3 aliphatic rings. The topological polar surface area (TPSA) is 95.8 Å². The summed E-state index contributed by atoms with van der Waals surface area (Å²) in [6.07, 6.45) is 0. The van der Waals surface area contributed by atoms with Crippen LogP contribution in [0.25, 0.3) is 145 Å². The second kappa shape index (κ2) is 31.8. The Hall–Kier alpha value is -14.5. The highest BCUT2D eigenvalue weighted by Crippen LogP contribution is 2.61. The molecule has 8 nitrogen and oxygen atoms in total. The van der Waals surface area contributed by atoms with E-state index in [-0.39, 0.29) is 0 Å². The summed E-state index contributed by atoms with van der Waals surface area (Å²) in [4.78, 5) is 30.1. The number of aromatic nitrogens is 6. The highest BCUT2D eigenvalue weighted by molar-refractivity contribution is 9.10. The zero-order valence-corrected chi connectivity index (χ0v) is 70.5. The van der Waals surface area contributed by atoms with E-state index in [9.17, 15) is 0 Å². The van der Waals surface area contributed by atoms with Gasteiger partial charge >= 0.3 is 7.12 Å². The molecule has 10 heteroatoms. The van der Waals surface area contributed by atoms with Crippen LogP contribution in [0.1, 0.15) is 72.2 Å². The highest BCUT2D eigenvalue weighted by Gasteiger charge is 2.53. The largest absolute Gasteiger partial charge is 0.494 e. The van der Waals surface area contributed by atoms with E-state index in [1.807, 2.05) is 91.0 Å². The number of hydrogen-bond acceptors (Lipinski definition) is 8. The van der Waals surface area contributed by atoms with Gasteiger partial charge in [-0.15, -0.1) is 0 Å². The van der Waals surface area contributed by atoms with Crippen LogP contribution in [-0.4, -0.2) is 48.2 Å². The molecule has 590 valence electrons. The lowest BCUT2D eigenvalue weighted by molar-refractivity contribution is 0.00578. The number of hydrogen-bond donors (Lipinski definition) is 0. The summed E-state index contributed by atoms with van der Waals surface area (Å²) in [6.45, 7) is 8.38. The average Bonchev–Trinajstić information content (AvgIpc) is 1.53. The maximum Gasteiger partial charge on any atom is 0.494 e. The van der Waals surface area contributed by atoms with Gasteiger partial charge in [-0.2, -0.15) is 0 Å². The Balaban J connectivity index is 0.000000127. The average molecular weight is 1660 g/mol. The Labute approximate surface area is 730 Å². The minimum absolute atomic E-state index is 0.417. The Morgan fingerprint density at radius 1 is 0.250 bits per heavy atom. The standard InChI is InChI=1S/C54H35N3.C44H36BNO2.C16H11BrN2/c1-5-18-36(19-6-1)48-35-49(57-53(56-48)37-20-7-2-8-21-37)38-22-17-23-39(34-38)52-44-32-33-46-51(50(44)43-29-14-16-31-47(43)55-52)42-28-13-15-30-45(42)54(46,40-24-9-3-10-25-40)41-26-11-4-12-27-41;1-42(2)43(3,4)48-45(47-42)32-21-15-16-29(28-32)41-35-26-27-37-40(39(35)34-23-12-14-25-38(34)46-41)33-22-11-13-24-36(33)44(37,30-17-7-5-8-18-30)31-19-9-6-10-20-31;17-15-11-14(12-7-3-1-4-8-12)18-16(19-15)13-9-5-2-6-10-13/h1-35H;5-28H,1-4H3;1-11H. The predicted molar refractivity (Wildman–Crippen MR) is 512 cm³/mol. The number of fused-ring (bicyclic) bond motifs is 14. The summed E-state index contributed by atoms with van der Waals surface area (Å²) in [5.74, 6) is 1.43. The van der Waals surface area contributed by atoms with E-state index in [1.54, 1.807) is 0 Å². The molecule has 2 aliphatic carbocycles. The molecule has 0 N–H and O–H groups in total. The van der Waals surface area contributed by atoms with Crippen molar-refractivity contribution in [3.05, 3.63) is 474 Å². The van der Waals surface area contributed by atoms with Crippen molar-refractivity contribution in [1.82, 2.24) is 29.9 Å². The molecule has 0 unspecified atom stereocenters. The maximum absolute atomic E-state index is 6.46. The zero-order chi connectivity index (χ0) is 83.5. The lowest BCUT2D eigenvalue weighted by atomic mass is 9.67. The summed E-state index contributed by atoms with van der Waals surface area (Å²) in [7, 11) is -0.449. The fraction of sp³-hybridized carbons (Fsp3) is 0.0702. The second-order valence-corrected chi connectivity index (χ2v) is 33.8. The van der Waals surface area contributed by atoms with Gasteiger partial charge in [0, 0.05) is 71.3 Å². The molecule has 0 saturated carbocycles. The fourth-order valence-electron chi connectivity index (χ4n) is 19.0. The lowest BCUT2D eigenvalue weighted by Crippen LogP contribution is -2.41. The molecule has 20 aromatic rings. The van der Waals surface area contributed by atoms with Crippen LogP contribution in [0.5, 0.6) is 0 Å². The monoisotopic (exact) mass is 1660 g/mol. The van der Waals surface area contributed by atoms with Crippen LogP contribution in [0.4, 0.5) is 0 Å². The highest BCUT2D eigenvalue weighted by atomic mass is 79.9. The first-order valence-corrected chi connectivity index (χ1v) is 43.0. The Morgan fingerprint density at radius 2 is 0.581 bits per heavy atom. The third-order valence-electron chi connectivity index (χ3n) is 25.3. The molecule has 23 rings (SSSR count). The second-order valence-electron chi connectivity index (χ2n) is 33.0. The van der Waals surface area contributed by atoms with Gasteiger partial charge in [0.2, 0.25) is 0 Å². The smallest absolute Gasteiger partial charge is 0.399 e. The molecule has 1 saturated heterocycles. The van der Waals surface area contributed by atoms with Crippen LogP contribution in [-0.2, 0) is 20.1 Å². The predicted octanol–water partition coefficient (Wildman–Crippen LogP) is 27.5. The Morgan fingerprint density at radius 3 is 1.02 bits per heavy atom. The number of para-hydroxylation sites is 2. The third-order valence-corrected chi connectivity index (χ3v) is 25.7. The van der Waals surface area contributed by atoms with E-state index in [0.717, 1.165) is 116 Å². The van der Waals surface area contributed by atoms with Crippen molar-refractivity contribution in [3.63, 3.8) is 0 Å². The molecular weight excluding hydrogens is 1580 g/mol. The summed E-state index contributed by atoms with van der Waals surface area (Å²) in [5.41, 5.74) is 28.2. The fourth-order valence-corrected chi connectivity index (χ4v) is 19.4. The SMILES string of the molecule is Brc1cc(-c2ccccc2)nc(-c2ccccc2)n1.CC1(C)OB(c2cccc(-c3nc4ccccc4c4c5c(ccc34)C(c3ccccc3)(c3ccccc3)c3ccccc3-5)c2)OC1(C)C.c1ccc(-c2cc(-c3cccc(-c4nc5ccccc5c5c6c(ccc45)C(c4ccccc4)(c4ccccc4)c4ccccc4-6)c3)nc(-c3ccccc3)n2)cc1. The molecule has 0 amide bonds. The molecule has 4 aromatic heterocycles. The molecule has 0 radical (unpaired) electrons. The van der Waals surface area contributed by atoms with E-state index in [0.29, 0.717) is 5.82 Å². The van der Waals surface area contributed by atoms with E-state index in [4.69, 9.17) is 29.2 Å². The normalized spacial score (nSPS) is 14.0. The molecule has 0 atom stereocenters. The summed E-state index contributed by atoms with van der Waals surface area (Å²) in [6, 6.07) is 150. The first-order chi connectivity index (χ1) is 60.9. The van der Waals surface area contributed by atoms with Crippen molar-refractivity contribution in [1.29, 1.82) is 0 Å². The van der Waals surface area contributed by atoms with Crippen LogP contribution in [0.15, 0.2) is 429 Å². The van der Waals surface area contributed by atoms with Crippen LogP contribution in [0.2, 0.25) is 0 Å². The van der Waals surface area contributed by atoms with Gasteiger partial charge in [0.25, 0.3) is 0 Å². The molecule has 1 aliphatic heterocycles. The van der Waals surface area contributed by atoms with E-state index in [1.165, 1.54) is 77.5 Å². The molecule has 0 bridgehead atoms. The Kier molecular flexibility index (Phi) is 19.7. The summed E-state index contributed by atoms with van der Waals surface area (Å²) < 4.78 is 13.7. The quantitative estimate of drug-likeness (QED) is 0.0678. The minimum Gasteiger partial charge on any atom is -0.399 e. The van der Waals surface area contributed by atoms with Crippen LogP contribution >= 0.6 is 15.9 Å². The van der Waals surface area contributed by atoms with Crippen molar-refractivity contribution in [2.24, 2.45) is 0 Å². The molecule has 124 heavy (non-hydrogen) atoms. The number of pyridine rings is 2. The van der Waals surface area contributed by atoms with Crippen LogP contribution < -0.4 is 5.46 Å². The van der Waals surface area contributed by atoms with Gasteiger partial charge in [0.15, 0.2) is 11.6 Å². The zero-order valence-electron chi connectivity index (χ0n) is 68.9. The molecule has 5 heterocycles. The summed E-state index contributed by atoms with van der Waals surface area (Å²) in [5, 5.41) is 7.00. The van der Waals surface area contributed by atoms with Crippen LogP contribution in [0.3, 0.4) is 0 Å². The third kappa shape index (κ3) is 13.3. The molecule has 1 fully saturated rings. The van der Waals surface area contributed by atoms with Gasteiger partial charge in [0.1, 0.15) is 4.60 Å². The van der Waals surface area contributed by atoms with E-state index < -0.39 is 29.2 Å². The van der Waals surface area contributed by atoms with Crippen molar-refractivity contribution in [3.8, 4) is 101 Å². The maximum atomic E-state index is 6.46. The van der Waals surface area contributed by atoms with Crippen molar-refractivity contribution < 1.29 is 9.31 Å². The Bertz CT molecular complexity index is 7220. The van der Waals surface area contributed by atoms with Crippen molar-refractivity contribution in [2.45, 2.75) is 49.7 Å². The first kappa shape index (κ1) is 76.9. The number of halogens is 1. The molecular formula is C114H82BBrN6O2. The van der Waals surface area contributed by atoms with Gasteiger partial charge in [-0.05, 0) is 146 Å². The van der Waals surface area contributed by atoms with E-state index >= 15 is 0 Å². The van der Waals surface area contributed by atoms with Gasteiger partial charge in [-0.1, -0.05) is 394 Å². The number of benzene rings is 16. The summed E-state index contributed by atoms with van der Waals surface area (Å²) >= 11 is 3.46. The van der Waals surface area contributed by atoms with Gasteiger partial charge < -0.3 is 9.31 Å². The minimum atomic E-state index is -0.493. The molecule has 0 spiro atoms. The molecule has 16 aromatic carbocycles.